The quantitative estimate of drug-likeness (QED) is 0.523. The average molecular weight is 370 g/mol. The Morgan fingerprint density at radius 1 is 1.12 bits per heavy atom. The molecule has 3 aromatic rings. The van der Waals surface area contributed by atoms with E-state index in [2.05, 4.69) is 37.9 Å². The molecule has 0 bridgehead atoms. The number of piperidine rings is 1. The predicted octanol–water partition coefficient (Wildman–Crippen LogP) is 4.70. The monoisotopic (exact) mass is 369 g/mol. The Kier molecular flexibility index (Phi) is 5.03. The summed E-state index contributed by atoms with van der Waals surface area (Å²) in [6.07, 6.45) is 7.42. The highest BCUT2D eigenvalue weighted by molar-refractivity contribution is 7.18. The van der Waals surface area contributed by atoms with E-state index < -0.39 is 0 Å². The highest BCUT2D eigenvalue weighted by atomic mass is 32.1. The molecule has 4 rings (SSSR count). The van der Waals surface area contributed by atoms with Crippen LogP contribution in [0.3, 0.4) is 0 Å². The number of thiophene rings is 1. The Bertz CT molecular complexity index is 821. The van der Waals surface area contributed by atoms with Crippen LogP contribution in [0, 0.1) is 0 Å². The minimum Gasteiger partial charge on any atom is -0.348 e. The number of hydrogen-bond acceptors (Lipinski definition) is 7. The van der Waals surface area contributed by atoms with Gasteiger partial charge in [-0.25, -0.2) is 9.97 Å². The van der Waals surface area contributed by atoms with E-state index in [0.29, 0.717) is 0 Å². The van der Waals surface area contributed by atoms with Crippen molar-refractivity contribution in [2.24, 2.45) is 5.10 Å². The number of nitrogens with zero attached hydrogens (tertiary/aromatic N) is 4. The lowest BCUT2D eigenvalue weighted by molar-refractivity contribution is 0.577. The van der Waals surface area contributed by atoms with Crippen LogP contribution in [-0.2, 0) is 0 Å². The van der Waals surface area contributed by atoms with Gasteiger partial charge >= 0.3 is 0 Å². The van der Waals surface area contributed by atoms with E-state index in [1.165, 1.54) is 24.1 Å². The molecule has 7 heteroatoms. The molecule has 0 atom stereocenters. The number of nitrogens with one attached hydrogen (secondary N) is 1. The van der Waals surface area contributed by atoms with Crippen LogP contribution in [0.5, 0.6) is 0 Å². The summed E-state index contributed by atoms with van der Waals surface area (Å²) in [7, 11) is 0. The molecule has 1 fully saturated rings. The lowest BCUT2D eigenvalue weighted by atomic mass is 10.1. The smallest absolute Gasteiger partial charge is 0.186 e. The zero-order valence-electron chi connectivity index (χ0n) is 13.8. The van der Waals surface area contributed by atoms with Gasteiger partial charge in [0.15, 0.2) is 5.13 Å². The molecule has 1 N–H and O–H groups in total. The van der Waals surface area contributed by atoms with Gasteiger partial charge in [0.05, 0.1) is 16.0 Å². The first-order valence-electron chi connectivity index (χ1n) is 8.40. The topological polar surface area (TPSA) is 53.4 Å². The van der Waals surface area contributed by atoms with Crippen molar-refractivity contribution in [2.45, 2.75) is 19.3 Å². The summed E-state index contributed by atoms with van der Waals surface area (Å²) in [6.45, 7) is 2.19. The lowest BCUT2D eigenvalue weighted by Gasteiger charge is -2.25. The molecule has 0 unspecified atom stereocenters. The zero-order chi connectivity index (χ0) is 16.9. The predicted molar refractivity (Wildman–Crippen MR) is 107 cm³/mol. The van der Waals surface area contributed by atoms with Crippen molar-refractivity contribution >= 4 is 39.8 Å². The summed E-state index contributed by atoms with van der Waals surface area (Å²) in [5, 5.41) is 7.54. The maximum absolute atomic E-state index is 4.92. The minimum atomic E-state index is 0.734. The van der Waals surface area contributed by atoms with Gasteiger partial charge in [-0.15, -0.1) is 11.3 Å². The van der Waals surface area contributed by atoms with Crippen LogP contribution in [-0.4, -0.2) is 29.3 Å². The van der Waals surface area contributed by atoms with Crippen molar-refractivity contribution in [2.75, 3.05) is 23.4 Å². The Morgan fingerprint density at radius 3 is 2.80 bits per heavy atom. The summed E-state index contributed by atoms with van der Waals surface area (Å²) < 4.78 is 0. The van der Waals surface area contributed by atoms with Crippen molar-refractivity contribution < 1.29 is 0 Å². The van der Waals surface area contributed by atoms with Gasteiger partial charge in [-0.1, -0.05) is 23.5 Å². The van der Waals surface area contributed by atoms with Gasteiger partial charge < -0.3 is 4.90 Å². The van der Waals surface area contributed by atoms with Crippen LogP contribution in [0.25, 0.3) is 10.6 Å². The molecule has 25 heavy (non-hydrogen) atoms. The van der Waals surface area contributed by atoms with Gasteiger partial charge in [-0.3, -0.25) is 5.43 Å². The number of rotatable bonds is 5. The Balaban J connectivity index is 1.59. The van der Waals surface area contributed by atoms with E-state index in [4.69, 9.17) is 4.98 Å². The largest absolute Gasteiger partial charge is 0.348 e. The van der Waals surface area contributed by atoms with Gasteiger partial charge in [0.2, 0.25) is 0 Å². The first-order chi connectivity index (χ1) is 12.4. The Hall–Kier alpha value is -2.25. The lowest BCUT2D eigenvalue weighted by Crippen LogP contribution is -2.29. The molecular weight excluding hydrogens is 350 g/mol. The number of hydrazone groups is 1. The number of aromatic nitrogens is 2. The van der Waals surface area contributed by atoms with E-state index in [0.717, 1.165) is 34.6 Å². The Morgan fingerprint density at radius 2 is 2.04 bits per heavy atom. The fourth-order valence-corrected chi connectivity index (χ4v) is 4.60. The summed E-state index contributed by atoms with van der Waals surface area (Å²) >= 11 is 3.42. The molecule has 0 saturated carbocycles. The number of anilines is 2. The maximum atomic E-state index is 4.92. The fourth-order valence-electron chi connectivity index (χ4n) is 2.80. The van der Waals surface area contributed by atoms with Gasteiger partial charge in [0, 0.05) is 19.3 Å². The number of hydrogen-bond donors (Lipinski definition) is 1. The third-order valence-corrected chi connectivity index (χ3v) is 5.98. The van der Waals surface area contributed by atoms with Crippen LogP contribution in [0.15, 0.2) is 47.0 Å². The van der Waals surface area contributed by atoms with Crippen molar-refractivity contribution in [3.8, 4) is 10.6 Å². The van der Waals surface area contributed by atoms with Crippen molar-refractivity contribution in [3.63, 3.8) is 0 Å². The van der Waals surface area contributed by atoms with Crippen LogP contribution < -0.4 is 10.3 Å². The van der Waals surface area contributed by atoms with E-state index in [-0.39, 0.29) is 0 Å². The van der Waals surface area contributed by atoms with Gasteiger partial charge in [0.25, 0.3) is 0 Å². The molecule has 0 aliphatic carbocycles. The highest BCUT2D eigenvalue weighted by Crippen LogP contribution is 2.35. The molecule has 1 aliphatic rings. The zero-order valence-corrected chi connectivity index (χ0v) is 15.4. The SMILES string of the molecule is C(=N\Nc1ccccn1)/c1sc(N2CCCCC2)nc1-c1cccs1. The van der Waals surface area contributed by atoms with Gasteiger partial charge in [0.1, 0.15) is 11.5 Å². The molecule has 3 aromatic heterocycles. The second-order valence-corrected chi connectivity index (χ2v) is 7.78. The number of pyridine rings is 1. The van der Waals surface area contributed by atoms with E-state index >= 15 is 0 Å². The summed E-state index contributed by atoms with van der Waals surface area (Å²) in [4.78, 5) is 13.8. The molecular formula is C18H19N5S2. The average Bonchev–Trinajstić information content (AvgIpc) is 3.33. The van der Waals surface area contributed by atoms with Gasteiger partial charge in [-0.2, -0.15) is 5.10 Å². The van der Waals surface area contributed by atoms with E-state index in [1.54, 1.807) is 28.9 Å². The molecule has 128 valence electrons. The molecule has 5 nitrogen and oxygen atoms in total. The van der Waals surface area contributed by atoms with Crippen molar-refractivity contribution in [1.82, 2.24) is 9.97 Å². The van der Waals surface area contributed by atoms with Crippen LogP contribution >= 0.6 is 22.7 Å². The maximum Gasteiger partial charge on any atom is 0.186 e. The molecule has 1 aliphatic heterocycles. The third kappa shape index (κ3) is 3.88. The van der Waals surface area contributed by atoms with E-state index in [9.17, 15) is 0 Å². The van der Waals surface area contributed by atoms with E-state index in [1.807, 2.05) is 24.4 Å². The summed E-state index contributed by atoms with van der Waals surface area (Å²) in [6, 6.07) is 9.89. The molecule has 0 amide bonds. The normalized spacial score (nSPS) is 15.0. The molecule has 1 saturated heterocycles. The van der Waals surface area contributed by atoms with Crippen LogP contribution in [0.4, 0.5) is 10.9 Å². The molecule has 0 radical (unpaired) electrons. The second-order valence-electron chi connectivity index (χ2n) is 5.82. The summed E-state index contributed by atoms with van der Waals surface area (Å²) in [5.41, 5.74) is 4.00. The molecule has 0 spiro atoms. The molecule has 4 heterocycles. The van der Waals surface area contributed by atoms with Gasteiger partial charge in [-0.05, 0) is 42.8 Å². The third-order valence-electron chi connectivity index (χ3n) is 4.05. The summed E-state index contributed by atoms with van der Waals surface area (Å²) in [5.74, 6) is 0.734. The standard InChI is InChI=1S/C18H19N5S2/c1-4-10-23(11-5-1)18-21-17(14-7-6-12-24-14)15(25-18)13-20-22-16-8-2-3-9-19-16/h2-3,6-9,12-13H,1,4-5,10-11H2,(H,19,22)/b20-13+. The first kappa shape index (κ1) is 16.2. The van der Waals surface area contributed by atoms with Crippen molar-refractivity contribution in [1.29, 1.82) is 0 Å². The highest BCUT2D eigenvalue weighted by Gasteiger charge is 2.19. The first-order valence-corrected chi connectivity index (χ1v) is 10.1. The fraction of sp³-hybridized carbons (Fsp3) is 0.278. The van der Waals surface area contributed by atoms with Crippen LogP contribution in [0.2, 0.25) is 0 Å². The molecule has 0 aromatic carbocycles. The Labute approximate surface area is 155 Å². The second kappa shape index (κ2) is 7.76. The number of thiazole rings is 1. The van der Waals surface area contributed by atoms with Crippen molar-refractivity contribution in [3.05, 3.63) is 46.8 Å². The van der Waals surface area contributed by atoms with Crippen LogP contribution in [0.1, 0.15) is 24.1 Å². The minimum absolute atomic E-state index is 0.734.